The third kappa shape index (κ3) is 3.11. The number of hydrogen-bond acceptors (Lipinski definition) is 2. The Hall–Kier alpha value is -1.02. The number of nitrogens with zero attached hydrogens (tertiary/aromatic N) is 1. The van der Waals surface area contributed by atoms with Gasteiger partial charge >= 0.3 is 0 Å². The van der Waals surface area contributed by atoms with Gasteiger partial charge < -0.3 is 5.32 Å². The molecule has 104 valence electrons. The average molecular weight is 258 g/mol. The van der Waals surface area contributed by atoms with Crippen LogP contribution in [0.4, 0.5) is 5.69 Å². The van der Waals surface area contributed by atoms with Gasteiger partial charge in [-0.3, -0.25) is 4.90 Å². The molecule has 0 radical (unpaired) electrons. The van der Waals surface area contributed by atoms with E-state index in [1.165, 1.54) is 37.9 Å². The Balaban J connectivity index is 1.76. The molecule has 0 unspecified atom stereocenters. The Morgan fingerprint density at radius 3 is 2.89 bits per heavy atom. The van der Waals surface area contributed by atoms with Crippen LogP contribution in [0.25, 0.3) is 0 Å². The molecule has 2 nitrogen and oxygen atoms in total. The molecule has 1 fully saturated rings. The molecule has 1 aliphatic carbocycles. The molecule has 0 saturated heterocycles. The van der Waals surface area contributed by atoms with Crippen molar-refractivity contribution >= 4 is 5.69 Å². The van der Waals surface area contributed by atoms with Crippen molar-refractivity contribution in [3.05, 3.63) is 29.3 Å². The number of rotatable bonds is 5. The van der Waals surface area contributed by atoms with Crippen LogP contribution in [0, 0.1) is 5.92 Å². The first-order chi connectivity index (χ1) is 9.24. The zero-order chi connectivity index (χ0) is 13.2. The third-order valence-corrected chi connectivity index (χ3v) is 4.49. The van der Waals surface area contributed by atoms with Crippen LogP contribution in [0.1, 0.15) is 44.2 Å². The van der Waals surface area contributed by atoms with Crippen molar-refractivity contribution in [3.63, 3.8) is 0 Å². The van der Waals surface area contributed by atoms with Gasteiger partial charge in [0, 0.05) is 31.4 Å². The lowest BCUT2D eigenvalue weighted by atomic mass is 9.97. The largest absolute Gasteiger partial charge is 0.385 e. The number of benzene rings is 1. The zero-order valence-electron chi connectivity index (χ0n) is 12.3. The van der Waals surface area contributed by atoms with E-state index in [2.05, 4.69) is 42.3 Å². The summed E-state index contributed by atoms with van der Waals surface area (Å²) < 4.78 is 0. The van der Waals surface area contributed by atoms with Crippen molar-refractivity contribution in [1.29, 1.82) is 0 Å². The second-order valence-corrected chi connectivity index (χ2v) is 6.44. The van der Waals surface area contributed by atoms with E-state index >= 15 is 0 Å². The SMILES string of the molecule is CC(C)N(Cc1cccc2c1CCCN2)CC1CC1. The van der Waals surface area contributed by atoms with Gasteiger partial charge in [-0.15, -0.1) is 0 Å². The fourth-order valence-electron chi connectivity index (χ4n) is 3.04. The Morgan fingerprint density at radius 1 is 1.32 bits per heavy atom. The summed E-state index contributed by atoms with van der Waals surface area (Å²) in [5.41, 5.74) is 4.48. The van der Waals surface area contributed by atoms with Crippen molar-refractivity contribution < 1.29 is 0 Å². The summed E-state index contributed by atoms with van der Waals surface area (Å²) in [6.45, 7) is 8.20. The minimum Gasteiger partial charge on any atom is -0.385 e. The smallest absolute Gasteiger partial charge is 0.0375 e. The van der Waals surface area contributed by atoms with Crippen molar-refractivity contribution in [2.45, 2.75) is 52.1 Å². The van der Waals surface area contributed by atoms with Gasteiger partial charge in [0.15, 0.2) is 0 Å². The van der Waals surface area contributed by atoms with Crippen molar-refractivity contribution in [1.82, 2.24) is 4.90 Å². The summed E-state index contributed by atoms with van der Waals surface area (Å²) in [6.07, 6.45) is 5.40. The van der Waals surface area contributed by atoms with Crippen LogP contribution >= 0.6 is 0 Å². The summed E-state index contributed by atoms with van der Waals surface area (Å²) in [5, 5.41) is 3.54. The highest BCUT2D eigenvalue weighted by Crippen LogP contribution is 2.32. The molecule has 1 aromatic rings. The molecule has 2 aliphatic rings. The topological polar surface area (TPSA) is 15.3 Å². The van der Waals surface area contributed by atoms with Crippen LogP contribution in [0.15, 0.2) is 18.2 Å². The van der Waals surface area contributed by atoms with Crippen LogP contribution in [0.5, 0.6) is 0 Å². The molecule has 3 rings (SSSR count). The van der Waals surface area contributed by atoms with E-state index < -0.39 is 0 Å². The predicted molar refractivity (Wildman–Crippen MR) is 81.5 cm³/mol. The lowest BCUT2D eigenvalue weighted by Crippen LogP contribution is -2.33. The van der Waals surface area contributed by atoms with E-state index in [0.29, 0.717) is 6.04 Å². The lowest BCUT2D eigenvalue weighted by molar-refractivity contribution is 0.203. The minimum absolute atomic E-state index is 0.646. The standard InChI is InChI=1S/C17H26N2/c1-13(2)19(11-14-8-9-14)12-15-5-3-7-17-16(15)6-4-10-18-17/h3,5,7,13-14,18H,4,6,8-12H2,1-2H3. The summed E-state index contributed by atoms with van der Waals surface area (Å²) in [4.78, 5) is 2.65. The zero-order valence-corrected chi connectivity index (χ0v) is 12.3. The maximum atomic E-state index is 3.54. The first kappa shape index (κ1) is 13.0. The van der Waals surface area contributed by atoms with Gasteiger partial charge in [-0.2, -0.15) is 0 Å². The summed E-state index contributed by atoms with van der Waals surface area (Å²) in [7, 11) is 0. The van der Waals surface area contributed by atoms with Gasteiger partial charge in [0.25, 0.3) is 0 Å². The van der Waals surface area contributed by atoms with E-state index in [9.17, 15) is 0 Å². The van der Waals surface area contributed by atoms with Crippen LogP contribution in [0.3, 0.4) is 0 Å². The number of hydrogen-bond donors (Lipinski definition) is 1. The molecule has 1 aromatic carbocycles. The van der Waals surface area contributed by atoms with Gasteiger partial charge in [-0.05, 0) is 62.6 Å². The van der Waals surface area contributed by atoms with Gasteiger partial charge in [0.1, 0.15) is 0 Å². The van der Waals surface area contributed by atoms with Crippen LogP contribution in [-0.4, -0.2) is 24.0 Å². The average Bonchev–Trinajstić information content (AvgIpc) is 3.22. The molecule has 1 aliphatic heterocycles. The predicted octanol–water partition coefficient (Wildman–Crippen LogP) is 3.67. The second-order valence-electron chi connectivity index (χ2n) is 6.44. The fourth-order valence-corrected chi connectivity index (χ4v) is 3.04. The number of fused-ring (bicyclic) bond motifs is 1. The molecule has 0 bridgehead atoms. The van der Waals surface area contributed by atoms with E-state index in [1.54, 1.807) is 11.1 Å². The Labute approximate surface area is 117 Å². The normalized spacial score (nSPS) is 18.5. The third-order valence-electron chi connectivity index (χ3n) is 4.49. The molecule has 0 atom stereocenters. The van der Waals surface area contributed by atoms with E-state index in [0.717, 1.165) is 19.0 Å². The van der Waals surface area contributed by atoms with Crippen LogP contribution < -0.4 is 5.32 Å². The molecular formula is C17H26N2. The second kappa shape index (κ2) is 5.54. The molecule has 1 saturated carbocycles. The highest BCUT2D eigenvalue weighted by atomic mass is 15.1. The highest BCUT2D eigenvalue weighted by molar-refractivity contribution is 5.56. The first-order valence-electron chi connectivity index (χ1n) is 7.82. The molecule has 1 heterocycles. The monoisotopic (exact) mass is 258 g/mol. The highest BCUT2D eigenvalue weighted by Gasteiger charge is 2.26. The number of anilines is 1. The quantitative estimate of drug-likeness (QED) is 0.867. The minimum atomic E-state index is 0.646. The van der Waals surface area contributed by atoms with Gasteiger partial charge in [0.2, 0.25) is 0 Å². The summed E-state index contributed by atoms with van der Waals surface area (Å²) >= 11 is 0. The van der Waals surface area contributed by atoms with Crippen LogP contribution in [0.2, 0.25) is 0 Å². The van der Waals surface area contributed by atoms with Crippen molar-refractivity contribution in [2.75, 3.05) is 18.4 Å². The van der Waals surface area contributed by atoms with Crippen molar-refractivity contribution in [2.24, 2.45) is 5.92 Å². The Bertz CT molecular complexity index is 435. The first-order valence-corrected chi connectivity index (χ1v) is 7.82. The van der Waals surface area contributed by atoms with Crippen molar-refractivity contribution in [3.8, 4) is 0 Å². The van der Waals surface area contributed by atoms with E-state index in [-0.39, 0.29) is 0 Å². The maximum Gasteiger partial charge on any atom is 0.0375 e. The molecular weight excluding hydrogens is 232 g/mol. The summed E-state index contributed by atoms with van der Waals surface area (Å²) in [6, 6.07) is 7.42. The molecule has 1 N–H and O–H groups in total. The summed E-state index contributed by atoms with van der Waals surface area (Å²) in [5.74, 6) is 0.972. The molecule has 0 amide bonds. The Kier molecular flexibility index (Phi) is 3.79. The Morgan fingerprint density at radius 2 is 2.16 bits per heavy atom. The number of nitrogens with one attached hydrogen (secondary N) is 1. The maximum absolute atomic E-state index is 3.54. The fraction of sp³-hybridized carbons (Fsp3) is 0.647. The van der Waals surface area contributed by atoms with E-state index in [1.807, 2.05) is 0 Å². The molecule has 2 heteroatoms. The van der Waals surface area contributed by atoms with Gasteiger partial charge in [0.05, 0.1) is 0 Å². The lowest BCUT2D eigenvalue weighted by Gasteiger charge is -2.29. The molecule has 19 heavy (non-hydrogen) atoms. The van der Waals surface area contributed by atoms with E-state index in [4.69, 9.17) is 0 Å². The molecule has 0 aromatic heterocycles. The van der Waals surface area contributed by atoms with Gasteiger partial charge in [-0.1, -0.05) is 12.1 Å². The van der Waals surface area contributed by atoms with Crippen LogP contribution in [-0.2, 0) is 13.0 Å². The molecule has 0 spiro atoms. The van der Waals surface area contributed by atoms with Gasteiger partial charge in [-0.25, -0.2) is 0 Å².